The third kappa shape index (κ3) is 6.22. The molecule has 0 heterocycles. The molecule has 0 saturated heterocycles. The zero-order chi connectivity index (χ0) is 10.9. The Morgan fingerprint density at radius 1 is 0.867 bits per heavy atom. The zero-order valence-electron chi connectivity index (χ0n) is 10.6. The standard InChI is InChI=1S/C15H29/c1-3-4-5-6-7-8-9-15-12-10-14(2)11-13-15/h14-15H,1,3-13H2,2H3. The summed E-state index contributed by atoms with van der Waals surface area (Å²) in [6.45, 7) is 6.30. The van der Waals surface area contributed by atoms with Gasteiger partial charge in [0.25, 0.3) is 0 Å². The van der Waals surface area contributed by atoms with Crippen LogP contribution in [-0.2, 0) is 0 Å². The van der Waals surface area contributed by atoms with Crippen molar-refractivity contribution in [2.24, 2.45) is 11.8 Å². The fourth-order valence-electron chi connectivity index (χ4n) is 2.76. The first kappa shape index (κ1) is 13.1. The van der Waals surface area contributed by atoms with Crippen molar-refractivity contribution in [3.05, 3.63) is 6.92 Å². The summed E-state index contributed by atoms with van der Waals surface area (Å²) in [4.78, 5) is 0. The van der Waals surface area contributed by atoms with Gasteiger partial charge in [0, 0.05) is 0 Å². The second-order valence-electron chi connectivity index (χ2n) is 5.54. The van der Waals surface area contributed by atoms with Crippen LogP contribution in [0.5, 0.6) is 0 Å². The Hall–Kier alpha value is 0. The third-order valence-corrected chi connectivity index (χ3v) is 4.00. The van der Waals surface area contributed by atoms with Crippen LogP contribution in [-0.4, -0.2) is 0 Å². The van der Waals surface area contributed by atoms with Crippen molar-refractivity contribution >= 4 is 0 Å². The van der Waals surface area contributed by atoms with Gasteiger partial charge in [0.2, 0.25) is 0 Å². The van der Waals surface area contributed by atoms with Crippen LogP contribution in [0.3, 0.4) is 0 Å². The van der Waals surface area contributed by atoms with Crippen molar-refractivity contribution in [1.82, 2.24) is 0 Å². The molecule has 0 N–H and O–H groups in total. The van der Waals surface area contributed by atoms with Crippen molar-refractivity contribution in [2.75, 3.05) is 0 Å². The monoisotopic (exact) mass is 209 g/mol. The lowest BCUT2D eigenvalue weighted by molar-refractivity contribution is 0.271. The summed E-state index contributed by atoms with van der Waals surface area (Å²) < 4.78 is 0. The SMILES string of the molecule is [CH2]CCCCCCCC1CCC(C)CC1. The van der Waals surface area contributed by atoms with Gasteiger partial charge in [-0.05, 0) is 11.8 Å². The Kier molecular flexibility index (Phi) is 7.13. The highest BCUT2D eigenvalue weighted by Gasteiger charge is 2.17. The molecule has 0 unspecified atom stereocenters. The molecule has 89 valence electrons. The average molecular weight is 209 g/mol. The van der Waals surface area contributed by atoms with Crippen LogP contribution in [0.15, 0.2) is 0 Å². The van der Waals surface area contributed by atoms with Crippen LogP contribution < -0.4 is 0 Å². The van der Waals surface area contributed by atoms with Gasteiger partial charge in [-0.1, -0.05) is 84.5 Å². The highest BCUT2D eigenvalue weighted by Crippen LogP contribution is 2.31. The fraction of sp³-hybridized carbons (Fsp3) is 0.933. The second-order valence-corrected chi connectivity index (χ2v) is 5.54. The molecule has 0 nitrogen and oxygen atoms in total. The molecule has 0 aromatic heterocycles. The molecule has 0 aromatic carbocycles. The second kappa shape index (κ2) is 8.19. The van der Waals surface area contributed by atoms with E-state index in [4.69, 9.17) is 0 Å². The predicted molar refractivity (Wildman–Crippen MR) is 68.8 cm³/mol. The lowest BCUT2D eigenvalue weighted by Crippen LogP contribution is -2.12. The molecule has 1 aliphatic rings. The summed E-state index contributed by atoms with van der Waals surface area (Å²) in [7, 11) is 0. The summed E-state index contributed by atoms with van der Waals surface area (Å²) in [6, 6.07) is 0. The first-order valence-corrected chi connectivity index (χ1v) is 7.12. The minimum absolute atomic E-state index is 1.01. The van der Waals surface area contributed by atoms with Crippen molar-refractivity contribution < 1.29 is 0 Å². The minimum atomic E-state index is 1.01. The Morgan fingerprint density at radius 3 is 2.13 bits per heavy atom. The molecule has 1 rings (SSSR count). The van der Waals surface area contributed by atoms with E-state index in [2.05, 4.69) is 13.8 Å². The zero-order valence-corrected chi connectivity index (χ0v) is 10.6. The Balaban J connectivity index is 1.87. The van der Waals surface area contributed by atoms with E-state index in [1.54, 1.807) is 0 Å². The quantitative estimate of drug-likeness (QED) is 0.494. The summed E-state index contributed by atoms with van der Waals surface area (Å²) in [5.41, 5.74) is 0. The van der Waals surface area contributed by atoms with E-state index in [0.29, 0.717) is 0 Å². The van der Waals surface area contributed by atoms with E-state index in [9.17, 15) is 0 Å². The molecule has 0 amide bonds. The molecule has 0 aromatic rings. The van der Waals surface area contributed by atoms with Crippen LogP contribution in [0, 0.1) is 18.8 Å². The maximum atomic E-state index is 3.88. The average Bonchev–Trinajstić information content (AvgIpc) is 2.26. The fourth-order valence-corrected chi connectivity index (χ4v) is 2.76. The van der Waals surface area contributed by atoms with E-state index in [1.807, 2.05) is 0 Å². The molecule has 0 spiro atoms. The highest BCUT2D eigenvalue weighted by molar-refractivity contribution is 4.69. The van der Waals surface area contributed by atoms with E-state index in [-0.39, 0.29) is 0 Å². The van der Waals surface area contributed by atoms with Crippen molar-refractivity contribution in [3.8, 4) is 0 Å². The summed E-state index contributed by atoms with van der Waals surface area (Å²) in [5.74, 6) is 2.09. The largest absolute Gasteiger partial charge is 0.0625 e. The number of rotatable bonds is 7. The molecule has 0 aliphatic heterocycles. The molecule has 1 saturated carbocycles. The van der Waals surface area contributed by atoms with Crippen LogP contribution >= 0.6 is 0 Å². The van der Waals surface area contributed by atoms with Gasteiger partial charge in [-0.3, -0.25) is 0 Å². The summed E-state index contributed by atoms with van der Waals surface area (Å²) in [5, 5.41) is 0. The Bertz CT molecular complexity index is 131. The van der Waals surface area contributed by atoms with Crippen LogP contribution in [0.4, 0.5) is 0 Å². The first-order valence-electron chi connectivity index (χ1n) is 7.12. The van der Waals surface area contributed by atoms with Crippen molar-refractivity contribution in [2.45, 2.75) is 77.6 Å². The van der Waals surface area contributed by atoms with Gasteiger partial charge in [0.05, 0.1) is 0 Å². The molecule has 1 radical (unpaired) electrons. The number of hydrogen-bond acceptors (Lipinski definition) is 0. The molecular formula is C15H29. The summed E-state index contributed by atoms with van der Waals surface area (Å²) >= 11 is 0. The molecule has 15 heavy (non-hydrogen) atoms. The number of unbranched alkanes of at least 4 members (excludes halogenated alkanes) is 5. The molecule has 1 fully saturated rings. The van der Waals surface area contributed by atoms with Crippen molar-refractivity contribution in [3.63, 3.8) is 0 Å². The van der Waals surface area contributed by atoms with Crippen LogP contribution in [0.1, 0.15) is 77.6 Å². The molecular weight excluding hydrogens is 180 g/mol. The maximum absolute atomic E-state index is 3.88. The van der Waals surface area contributed by atoms with Gasteiger partial charge < -0.3 is 0 Å². The lowest BCUT2D eigenvalue weighted by atomic mass is 9.80. The lowest BCUT2D eigenvalue weighted by Gasteiger charge is -2.25. The van der Waals surface area contributed by atoms with E-state index in [1.165, 1.54) is 64.2 Å². The van der Waals surface area contributed by atoms with Gasteiger partial charge in [-0.15, -0.1) is 0 Å². The number of hydrogen-bond donors (Lipinski definition) is 0. The smallest absolute Gasteiger partial charge is 0.0414 e. The first-order chi connectivity index (χ1) is 7.33. The summed E-state index contributed by atoms with van der Waals surface area (Å²) in [6.07, 6.45) is 15.8. The third-order valence-electron chi connectivity index (χ3n) is 4.00. The van der Waals surface area contributed by atoms with Gasteiger partial charge in [-0.2, -0.15) is 0 Å². The molecule has 0 bridgehead atoms. The van der Waals surface area contributed by atoms with E-state index in [0.717, 1.165) is 18.3 Å². The van der Waals surface area contributed by atoms with Gasteiger partial charge in [-0.25, -0.2) is 0 Å². The molecule has 0 heteroatoms. The van der Waals surface area contributed by atoms with E-state index >= 15 is 0 Å². The topological polar surface area (TPSA) is 0 Å². The molecule has 0 atom stereocenters. The van der Waals surface area contributed by atoms with Gasteiger partial charge in [0.1, 0.15) is 0 Å². The normalized spacial score (nSPS) is 26.8. The minimum Gasteiger partial charge on any atom is -0.0625 e. The van der Waals surface area contributed by atoms with Crippen LogP contribution in [0.25, 0.3) is 0 Å². The van der Waals surface area contributed by atoms with Gasteiger partial charge in [0.15, 0.2) is 0 Å². The van der Waals surface area contributed by atoms with Crippen molar-refractivity contribution in [1.29, 1.82) is 0 Å². The predicted octanol–water partition coefficient (Wildman–Crippen LogP) is 5.38. The van der Waals surface area contributed by atoms with E-state index < -0.39 is 0 Å². The van der Waals surface area contributed by atoms with Gasteiger partial charge >= 0.3 is 0 Å². The molecule has 1 aliphatic carbocycles. The maximum Gasteiger partial charge on any atom is -0.0414 e. The Labute approximate surface area is 96.8 Å². The Morgan fingerprint density at radius 2 is 1.47 bits per heavy atom. The highest BCUT2D eigenvalue weighted by atomic mass is 14.2. The van der Waals surface area contributed by atoms with Crippen LogP contribution in [0.2, 0.25) is 0 Å².